The van der Waals surface area contributed by atoms with E-state index < -0.39 is 10.0 Å². The lowest BCUT2D eigenvalue weighted by atomic mass is 9.94. The van der Waals surface area contributed by atoms with E-state index in [1.54, 1.807) is 29.4 Å². The summed E-state index contributed by atoms with van der Waals surface area (Å²) in [5, 5.41) is 3.54. The number of sulfonamides is 1. The van der Waals surface area contributed by atoms with Gasteiger partial charge in [0.2, 0.25) is 10.0 Å². The number of carbonyl (C=O) groups is 1. The predicted octanol–water partition coefficient (Wildman–Crippen LogP) is 5.28. The van der Waals surface area contributed by atoms with Gasteiger partial charge in [0.05, 0.1) is 4.90 Å². The Hall–Kier alpha value is -2.64. The Kier molecular flexibility index (Phi) is 5.90. The van der Waals surface area contributed by atoms with Gasteiger partial charge in [-0.3, -0.25) is 4.79 Å². The van der Waals surface area contributed by atoms with Crippen molar-refractivity contribution in [2.24, 2.45) is 11.8 Å². The molecule has 0 spiro atoms. The van der Waals surface area contributed by atoms with Crippen molar-refractivity contribution in [1.29, 1.82) is 0 Å². The van der Waals surface area contributed by atoms with Crippen molar-refractivity contribution in [2.45, 2.75) is 45.9 Å². The Bertz CT molecular complexity index is 1280. The van der Waals surface area contributed by atoms with Crippen LogP contribution in [0.5, 0.6) is 0 Å². The van der Waals surface area contributed by atoms with Crippen LogP contribution in [-0.4, -0.2) is 31.7 Å². The second kappa shape index (κ2) is 8.37. The van der Waals surface area contributed by atoms with Crippen molar-refractivity contribution < 1.29 is 17.6 Å². The molecule has 2 aromatic carbocycles. The van der Waals surface area contributed by atoms with E-state index in [1.165, 1.54) is 0 Å². The van der Waals surface area contributed by atoms with Crippen LogP contribution in [-0.2, 0) is 10.0 Å². The van der Waals surface area contributed by atoms with Crippen LogP contribution in [0.2, 0.25) is 0 Å². The maximum Gasteiger partial charge on any atom is 0.291 e. The third-order valence-electron chi connectivity index (χ3n) is 6.22. The highest BCUT2D eigenvalue weighted by Crippen LogP contribution is 2.32. The largest absolute Gasteiger partial charge is 0.451 e. The van der Waals surface area contributed by atoms with Crippen molar-refractivity contribution in [3.63, 3.8) is 0 Å². The number of furan rings is 1. The van der Waals surface area contributed by atoms with Crippen molar-refractivity contribution in [1.82, 2.24) is 4.31 Å². The molecule has 4 rings (SSSR count). The normalized spacial score (nSPS) is 19.9. The minimum Gasteiger partial charge on any atom is -0.451 e. The molecule has 0 unspecified atom stereocenters. The van der Waals surface area contributed by atoms with Gasteiger partial charge in [-0.25, -0.2) is 8.42 Å². The highest BCUT2D eigenvalue weighted by atomic mass is 32.2. The molecule has 1 fully saturated rings. The average molecular weight is 455 g/mol. The van der Waals surface area contributed by atoms with E-state index >= 15 is 0 Å². The Morgan fingerprint density at radius 2 is 1.72 bits per heavy atom. The van der Waals surface area contributed by atoms with E-state index in [0.29, 0.717) is 41.5 Å². The topological polar surface area (TPSA) is 79.6 Å². The van der Waals surface area contributed by atoms with Crippen molar-refractivity contribution in [3.05, 3.63) is 58.8 Å². The summed E-state index contributed by atoms with van der Waals surface area (Å²) in [7, 11) is -3.61. The van der Waals surface area contributed by atoms with Crippen LogP contribution >= 0.6 is 0 Å². The van der Waals surface area contributed by atoms with Crippen LogP contribution in [0.1, 0.15) is 47.5 Å². The molecule has 0 bridgehead atoms. The van der Waals surface area contributed by atoms with Gasteiger partial charge in [-0.05, 0) is 68.9 Å². The number of nitrogens with zero attached hydrogens (tertiary/aromatic N) is 1. The van der Waals surface area contributed by atoms with Gasteiger partial charge in [-0.2, -0.15) is 4.31 Å². The van der Waals surface area contributed by atoms with Gasteiger partial charge in [-0.15, -0.1) is 0 Å². The summed E-state index contributed by atoms with van der Waals surface area (Å²) in [6, 6.07) is 10.6. The smallest absolute Gasteiger partial charge is 0.291 e. The molecule has 2 atom stereocenters. The van der Waals surface area contributed by atoms with Gasteiger partial charge < -0.3 is 9.73 Å². The molecule has 1 saturated heterocycles. The summed E-state index contributed by atoms with van der Waals surface area (Å²) < 4.78 is 34.0. The molecule has 2 heterocycles. The van der Waals surface area contributed by atoms with Crippen LogP contribution in [0.15, 0.2) is 45.7 Å². The molecule has 3 aromatic rings. The van der Waals surface area contributed by atoms with E-state index in [4.69, 9.17) is 4.42 Å². The fraction of sp³-hybridized carbons (Fsp3) is 0.400. The average Bonchev–Trinajstić information content (AvgIpc) is 3.05. The number of benzene rings is 2. The molecule has 1 aliphatic heterocycles. The number of aryl methyl sites for hydroxylation is 3. The van der Waals surface area contributed by atoms with E-state index in [1.807, 2.05) is 32.0 Å². The molecule has 1 amide bonds. The van der Waals surface area contributed by atoms with E-state index in [2.05, 4.69) is 19.2 Å². The second-order valence-corrected chi connectivity index (χ2v) is 11.2. The maximum atomic E-state index is 13.3. The summed E-state index contributed by atoms with van der Waals surface area (Å²) in [6.45, 7) is 10.9. The highest BCUT2D eigenvalue weighted by Gasteiger charge is 2.32. The summed E-state index contributed by atoms with van der Waals surface area (Å²) in [5.41, 5.74) is 3.92. The highest BCUT2D eigenvalue weighted by molar-refractivity contribution is 7.89. The van der Waals surface area contributed by atoms with Crippen LogP contribution in [0, 0.1) is 32.6 Å². The Morgan fingerprint density at radius 3 is 2.38 bits per heavy atom. The fourth-order valence-corrected chi connectivity index (χ4v) is 6.37. The molecular formula is C25H30N2O4S. The van der Waals surface area contributed by atoms with Crippen LogP contribution in [0.3, 0.4) is 0 Å². The molecule has 0 radical (unpaired) electrons. The number of nitrogens with one attached hydrogen (secondary N) is 1. The predicted molar refractivity (Wildman–Crippen MR) is 127 cm³/mol. The standard InChI is InChI=1S/C25H30N2O4S/c1-15-6-8-22(18(4)11-15)26-25(28)24-19(5)21-12-20(7-9-23(21)31-24)32(29,30)27-13-16(2)10-17(3)14-27/h6-9,11-12,16-17H,10,13-14H2,1-5H3,(H,26,28)/t16-,17-/m1/s1. The molecule has 6 nitrogen and oxygen atoms in total. The third kappa shape index (κ3) is 4.19. The lowest BCUT2D eigenvalue weighted by molar-refractivity contribution is 0.0998. The zero-order chi connectivity index (χ0) is 23.2. The first-order valence-electron chi connectivity index (χ1n) is 11.0. The summed E-state index contributed by atoms with van der Waals surface area (Å²) in [6.07, 6.45) is 1.03. The van der Waals surface area contributed by atoms with Gasteiger partial charge in [0.25, 0.3) is 5.91 Å². The summed E-state index contributed by atoms with van der Waals surface area (Å²) in [4.78, 5) is 13.1. The van der Waals surface area contributed by atoms with Crippen LogP contribution in [0.25, 0.3) is 11.0 Å². The molecule has 170 valence electrons. The number of amides is 1. The number of hydrogen-bond acceptors (Lipinski definition) is 4. The molecule has 7 heteroatoms. The van der Waals surface area contributed by atoms with E-state index in [9.17, 15) is 13.2 Å². The lowest BCUT2D eigenvalue weighted by Gasteiger charge is -2.34. The zero-order valence-corrected chi connectivity index (χ0v) is 20.0. The molecular weight excluding hydrogens is 424 g/mol. The molecule has 0 saturated carbocycles. The van der Waals surface area contributed by atoms with Crippen LogP contribution < -0.4 is 5.32 Å². The number of hydrogen-bond donors (Lipinski definition) is 1. The van der Waals surface area contributed by atoms with Crippen molar-refractivity contribution >= 4 is 32.6 Å². The van der Waals surface area contributed by atoms with E-state index in [0.717, 1.165) is 23.2 Å². The van der Waals surface area contributed by atoms with Gasteiger partial charge >= 0.3 is 0 Å². The monoisotopic (exact) mass is 454 g/mol. The number of rotatable bonds is 4. The zero-order valence-electron chi connectivity index (χ0n) is 19.2. The first-order valence-corrected chi connectivity index (χ1v) is 12.4. The molecule has 0 aliphatic carbocycles. The number of carbonyl (C=O) groups excluding carboxylic acids is 1. The molecule has 1 aromatic heterocycles. The van der Waals surface area contributed by atoms with E-state index in [-0.39, 0.29) is 16.6 Å². The Morgan fingerprint density at radius 1 is 1.03 bits per heavy atom. The minimum absolute atomic E-state index is 0.190. The van der Waals surface area contributed by atoms with Crippen LogP contribution in [0.4, 0.5) is 5.69 Å². The van der Waals surface area contributed by atoms with Crippen molar-refractivity contribution in [2.75, 3.05) is 18.4 Å². The SMILES string of the molecule is Cc1ccc(NC(=O)c2oc3ccc(S(=O)(=O)N4C[C@H](C)C[C@@H](C)C4)cc3c2C)c(C)c1. The summed E-state index contributed by atoms with van der Waals surface area (Å²) >= 11 is 0. The maximum absolute atomic E-state index is 13.3. The van der Waals surface area contributed by atoms with Gasteiger partial charge in [0.15, 0.2) is 5.76 Å². The molecule has 32 heavy (non-hydrogen) atoms. The Labute approximate surface area is 189 Å². The number of fused-ring (bicyclic) bond motifs is 1. The minimum atomic E-state index is -3.61. The van der Waals surface area contributed by atoms with Crippen molar-refractivity contribution in [3.8, 4) is 0 Å². The summed E-state index contributed by atoms with van der Waals surface area (Å²) in [5.74, 6) is 0.491. The first-order chi connectivity index (χ1) is 15.1. The lowest BCUT2D eigenvalue weighted by Crippen LogP contribution is -2.42. The first kappa shape index (κ1) is 22.6. The third-order valence-corrected chi connectivity index (χ3v) is 8.04. The number of piperidine rings is 1. The molecule has 1 aliphatic rings. The fourth-order valence-electron chi connectivity index (χ4n) is 4.66. The number of anilines is 1. The quantitative estimate of drug-likeness (QED) is 0.582. The Balaban J connectivity index is 1.66. The molecule has 1 N–H and O–H groups in total. The van der Waals surface area contributed by atoms with Gasteiger partial charge in [-0.1, -0.05) is 31.5 Å². The van der Waals surface area contributed by atoms with Gasteiger partial charge in [0.1, 0.15) is 5.58 Å². The second-order valence-electron chi connectivity index (χ2n) is 9.25. The van der Waals surface area contributed by atoms with Gasteiger partial charge in [0, 0.05) is 29.7 Å².